The number of rotatable bonds is 9. The highest BCUT2D eigenvalue weighted by Gasteiger charge is 2.31. The molecule has 1 aromatic heterocycles. The molecule has 2 aliphatic rings. The van der Waals surface area contributed by atoms with Crippen molar-refractivity contribution in [2.24, 2.45) is 0 Å². The van der Waals surface area contributed by atoms with Crippen LogP contribution >= 0.6 is 0 Å². The molecule has 1 saturated carbocycles. The van der Waals surface area contributed by atoms with Gasteiger partial charge >= 0.3 is 6.09 Å². The third-order valence-corrected chi connectivity index (χ3v) is 6.82. The van der Waals surface area contributed by atoms with E-state index in [0.29, 0.717) is 37.9 Å². The first-order valence-electron chi connectivity index (χ1n) is 13.5. The molecule has 0 bridgehead atoms. The minimum absolute atomic E-state index is 0.0395. The second kappa shape index (κ2) is 13.6. The normalized spacial score (nSPS) is 16.3. The van der Waals surface area contributed by atoms with Crippen molar-refractivity contribution in [1.82, 2.24) is 25.1 Å². The molecule has 206 valence electrons. The molecule has 39 heavy (non-hydrogen) atoms. The van der Waals surface area contributed by atoms with Crippen molar-refractivity contribution >= 4 is 17.9 Å². The van der Waals surface area contributed by atoms with Crippen LogP contribution in [0.25, 0.3) is 11.4 Å². The summed E-state index contributed by atoms with van der Waals surface area (Å²) in [6, 6.07) is 11.9. The van der Waals surface area contributed by atoms with E-state index in [2.05, 4.69) is 15.3 Å². The minimum Gasteiger partial charge on any atom is -0.474 e. The fraction of sp³-hybridized carbons (Fsp3) is 0.500. The number of amides is 3. The first kappa shape index (κ1) is 27.8. The van der Waals surface area contributed by atoms with Crippen LogP contribution in [0.5, 0.6) is 5.88 Å². The van der Waals surface area contributed by atoms with E-state index in [1.807, 2.05) is 36.4 Å². The van der Waals surface area contributed by atoms with Crippen LogP contribution in [0.2, 0.25) is 0 Å². The molecule has 2 aromatic rings. The predicted molar refractivity (Wildman–Crippen MR) is 142 cm³/mol. The van der Waals surface area contributed by atoms with Crippen LogP contribution in [0.15, 0.2) is 36.4 Å². The second-order valence-electron chi connectivity index (χ2n) is 9.54. The molecule has 4 rings (SSSR count). The van der Waals surface area contributed by atoms with Crippen LogP contribution in [0.3, 0.4) is 0 Å². The van der Waals surface area contributed by atoms with Crippen molar-refractivity contribution in [1.29, 1.82) is 5.26 Å². The Balaban J connectivity index is 1.50. The lowest BCUT2D eigenvalue weighted by molar-refractivity contribution is -0.135. The van der Waals surface area contributed by atoms with Gasteiger partial charge in [0.2, 0.25) is 11.8 Å². The van der Waals surface area contributed by atoms with Gasteiger partial charge in [0.05, 0.1) is 12.7 Å². The van der Waals surface area contributed by atoms with Crippen LogP contribution in [0.1, 0.15) is 55.9 Å². The summed E-state index contributed by atoms with van der Waals surface area (Å²) in [7, 11) is 0. The van der Waals surface area contributed by atoms with E-state index in [0.717, 1.165) is 31.2 Å². The van der Waals surface area contributed by atoms with E-state index < -0.39 is 18.0 Å². The van der Waals surface area contributed by atoms with Crippen LogP contribution in [-0.2, 0) is 9.53 Å². The molecular formula is C28H34N6O5. The van der Waals surface area contributed by atoms with Gasteiger partial charge in [-0.3, -0.25) is 9.59 Å². The van der Waals surface area contributed by atoms with Gasteiger partial charge in [-0.25, -0.2) is 9.78 Å². The number of carbonyl (C=O) groups is 3. The van der Waals surface area contributed by atoms with E-state index in [-0.39, 0.29) is 37.2 Å². The van der Waals surface area contributed by atoms with Gasteiger partial charge in [-0.05, 0) is 39.0 Å². The monoisotopic (exact) mass is 534 g/mol. The summed E-state index contributed by atoms with van der Waals surface area (Å²) in [4.78, 5) is 51.0. The number of nitrogens with zero attached hydrogens (tertiary/aromatic N) is 5. The van der Waals surface area contributed by atoms with Gasteiger partial charge in [-0.15, -0.1) is 0 Å². The molecule has 1 atom stereocenters. The molecule has 1 aliphatic carbocycles. The smallest absolute Gasteiger partial charge is 0.409 e. The third kappa shape index (κ3) is 7.44. The first-order chi connectivity index (χ1) is 19.0. The van der Waals surface area contributed by atoms with Crippen molar-refractivity contribution in [2.75, 3.05) is 32.8 Å². The average Bonchev–Trinajstić information content (AvgIpc) is 3.48. The number of carbonyl (C=O) groups excluding carboxylic acids is 3. The fourth-order valence-corrected chi connectivity index (χ4v) is 4.74. The van der Waals surface area contributed by atoms with Gasteiger partial charge in [0.15, 0.2) is 5.82 Å². The predicted octanol–water partition coefficient (Wildman–Crippen LogP) is 3.17. The number of piperazine rings is 1. The Morgan fingerprint density at radius 3 is 2.44 bits per heavy atom. The molecule has 1 aliphatic heterocycles. The Labute approximate surface area is 228 Å². The summed E-state index contributed by atoms with van der Waals surface area (Å²) in [5, 5.41) is 11.9. The maximum Gasteiger partial charge on any atom is 0.409 e. The molecule has 1 N–H and O–H groups in total. The van der Waals surface area contributed by atoms with E-state index >= 15 is 0 Å². The molecule has 0 radical (unpaired) electrons. The summed E-state index contributed by atoms with van der Waals surface area (Å²) >= 11 is 0. The van der Waals surface area contributed by atoms with Gasteiger partial charge in [0, 0.05) is 44.2 Å². The van der Waals surface area contributed by atoms with Crippen molar-refractivity contribution < 1.29 is 23.9 Å². The molecule has 11 nitrogen and oxygen atoms in total. The van der Waals surface area contributed by atoms with E-state index in [9.17, 15) is 14.4 Å². The van der Waals surface area contributed by atoms with Crippen LogP contribution in [-0.4, -0.2) is 82.6 Å². The lowest BCUT2D eigenvalue weighted by atomic mass is 10.1. The highest BCUT2D eigenvalue weighted by atomic mass is 16.6. The number of ether oxygens (including phenoxy) is 2. The quantitative estimate of drug-likeness (QED) is 0.518. The van der Waals surface area contributed by atoms with Crippen LogP contribution < -0.4 is 10.1 Å². The average molecular weight is 535 g/mol. The second-order valence-corrected chi connectivity index (χ2v) is 9.54. The number of nitrogens with one attached hydrogen (secondary N) is 1. The lowest BCUT2D eigenvalue weighted by Crippen LogP contribution is -2.56. The number of aromatic nitrogens is 2. The largest absolute Gasteiger partial charge is 0.474 e. The molecule has 0 spiro atoms. The number of hydrogen-bond donors (Lipinski definition) is 1. The van der Waals surface area contributed by atoms with Crippen LogP contribution in [0, 0.1) is 11.3 Å². The van der Waals surface area contributed by atoms with Gasteiger partial charge < -0.3 is 24.6 Å². The van der Waals surface area contributed by atoms with Crippen molar-refractivity contribution in [3.8, 4) is 23.3 Å². The Hall–Kier alpha value is -4.20. The Morgan fingerprint density at radius 1 is 1.08 bits per heavy atom. The summed E-state index contributed by atoms with van der Waals surface area (Å²) < 4.78 is 11.1. The lowest BCUT2D eigenvalue weighted by Gasteiger charge is -2.35. The zero-order chi connectivity index (χ0) is 27.6. The fourth-order valence-electron chi connectivity index (χ4n) is 4.74. The Kier molecular flexibility index (Phi) is 9.67. The molecular weight excluding hydrogens is 500 g/mol. The van der Waals surface area contributed by atoms with Gasteiger partial charge in [-0.1, -0.05) is 30.3 Å². The van der Waals surface area contributed by atoms with Gasteiger partial charge in [0.1, 0.15) is 17.8 Å². The van der Waals surface area contributed by atoms with Crippen molar-refractivity contribution in [3.05, 3.63) is 42.1 Å². The minimum atomic E-state index is -0.916. The molecule has 1 aromatic carbocycles. The molecule has 1 saturated heterocycles. The van der Waals surface area contributed by atoms with E-state index in [1.165, 1.54) is 6.07 Å². The molecule has 0 unspecified atom stereocenters. The van der Waals surface area contributed by atoms with Gasteiger partial charge in [0.25, 0.3) is 5.91 Å². The van der Waals surface area contributed by atoms with Gasteiger partial charge in [-0.2, -0.15) is 10.2 Å². The Bertz CT molecular complexity index is 1190. The summed E-state index contributed by atoms with van der Waals surface area (Å²) in [6.07, 6.45) is 3.91. The molecule has 2 heterocycles. The number of nitriles is 1. The van der Waals surface area contributed by atoms with Crippen LogP contribution in [0.4, 0.5) is 4.79 Å². The zero-order valence-electron chi connectivity index (χ0n) is 22.2. The Morgan fingerprint density at radius 2 is 1.77 bits per heavy atom. The standard InChI is InChI=1S/C28H34N6O5/c1-2-38-28(37)34-17-15-33(16-18-34)27(36)22(13-8-14-29)31-26(35)23-19-24(39-21-11-6-7-12-21)32-25(30-23)20-9-4-3-5-10-20/h3-5,9-10,19,21-22H,2,6-8,11-13,15-18H2,1H3,(H,31,35)/t22-/m0/s1. The maximum absolute atomic E-state index is 13.4. The summed E-state index contributed by atoms with van der Waals surface area (Å²) in [6.45, 7) is 3.30. The summed E-state index contributed by atoms with van der Waals surface area (Å²) in [5.41, 5.74) is 0.818. The molecule has 3 amide bonds. The zero-order valence-corrected chi connectivity index (χ0v) is 22.2. The van der Waals surface area contributed by atoms with Crippen molar-refractivity contribution in [2.45, 2.75) is 57.6 Å². The SMILES string of the molecule is CCOC(=O)N1CCN(C(=O)[C@H](CCC#N)NC(=O)c2cc(OC3CCCC3)nc(-c3ccccc3)n2)CC1. The third-order valence-electron chi connectivity index (χ3n) is 6.82. The van der Waals surface area contributed by atoms with E-state index in [4.69, 9.17) is 14.7 Å². The number of hydrogen-bond acceptors (Lipinski definition) is 8. The molecule has 11 heteroatoms. The number of benzene rings is 1. The van der Waals surface area contributed by atoms with E-state index in [1.54, 1.807) is 16.7 Å². The highest BCUT2D eigenvalue weighted by molar-refractivity contribution is 5.96. The summed E-state index contributed by atoms with van der Waals surface area (Å²) in [5.74, 6) is -0.184. The first-order valence-corrected chi connectivity index (χ1v) is 13.5. The molecule has 2 fully saturated rings. The topological polar surface area (TPSA) is 138 Å². The van der Waals surface area contributed by atoms with Crippen molar-refractivity contribution in [3.63, 3.8) is 0 Å². The maximum atomic E-state index is 13.4. The highest BCUT2D eigenvalue weighted by Crippen LogP contribution is 2.25.